The summed E-state index contributed by atoms with van der Waals surface area (Å²) in [6.07, 6.45) is 1.50. The zero-order chi connectivity index (χ0) is 13.8. The van der Waals surface area contributed by atoms with Crippen molar-refractivity contribution in [3.05, 3.63) is 0 Å². The van der Waals surface area contributed by atoms with Crippen LogP contribution in [0.15, 0.2) is 0 Å². The summed E-state index contributed by atoms with van der Waals surface area (Å²) in [6.45, 7) is 6.61. The molecule has 0 radical (unpaired) electrons. The van der Waals surface area contributed by atoms with E-state index in [1.165, 1.54) is 0 Å². The lowest BCUT2D eigenvalue weighted by Crippen LogP contribution is -2.46. The van der Waals surface area contributed by atoms with Crippen LogP contribution in [-0.4, -0.2) is 48.2 Å². The van der Waals surface area contributed by atoms with E-state index in [0.717, 1.165) is 12.8 Å². The van der Waals surface area contributed by atoms with Crippen LogP contribution in [0, 0.1) is 0 Å². The van der Waals surface area contributed by atoms with Crippen molar-refractivity contribution in [3.8, 4) is 0 Å². The van der Waals surface area contributed by atoms with Crippen LogP contribution < -0.4 is 11.1 Å². The largest absolute Gasteiger partial charge is 0.444 e. The number of amides is 2. The molecule has 1 aliphatic rings. The fourth-order valence-electron chi connectivity index (χ4n) is 1.91. The number of ether oxygens (including phenoxy) is 1. The number of hydrogen-bond acceptors (Lipinski definition) is 4. The fourth-order valence-corrected chi connectivity index (χ4v) is 1.91. The van der Waals surface area contributed by atoms with Crippen molar-refractivity contribution in [3.63, 3.8) is 0 Å². The van der Waals surface area contributed by atoms with Gasteiger partial charge in [0.2, 0.25) is 5.91 Å². The smallest absolute Gasteiger partial charge is 0.410 e. The quantitative estimate of drug-likeness (QED) is 0.769. The Morgan fingerprint density at radius 1 is 1.44 bits per heavy atom. The molecule has 0 aromatic rings. The molecule has 0 bridgehead atoms. The maximum atomic E-state index is 12.0. The van der Waals surface area contributed by atoms with Gasteiger partial charge in [0.15, 0.2) is 0 Å². The van der Waals surface area contributed by atoms with Gasteiger partial charge in [-0.1, -0.05) is 0 Å². The molecule has 0 saturated carbocycles. The van der Waals surface area contributed by atoms with Gasteiger partial charge in [0.1, 0.15) is 5.60 Å². The predicted molar refractivity (Wildman–Crippen MR) is 68.0 cm³/mol. The van der Waals surface area contributed by atoms with Gasteiger partial charge in [-0.05, 0) is 33.6 Å². The van der Waals surface area contributed by atoms with Crippen LogP contribution >= 0.6 is 0 Å². The highest BCUT2D eigenvalue weighted by atomic mass is 16.6. The monoisotopic (exact) mass is 257 g/mol. The SMILES string of the molecule is CC(C)(C)OC(=O)N1CCC[C@@H]1CNC(=O)CN. The lowest BCUT2D eigenvalue weighted by atomic mass is 10.2. The van der Waals surface area contributed by atoms with Gasteiger partial charge in [0.05, 0.1) is 12.6 Å². The summed E-state index contributed by atoms with van der Waals surface area (Å²) in [6, 6.07) is 0.00958. The molecule has 0 unspecified atom stereocenters. The van der Waals surface area contributed by atoms with Gasteiger partial charge in [0.25, 0.3) is 0 Å². The Morgan fingerprint density at radius 2 is 2.11 bits per heavy atom. The molecule has 1 saturated heterocycles. The lowest BCUT2D eigenvalue weighted by Gasteiger charge is -2.28. The first-order chi connectivity index (χ1) is 8.33. The molecule has 18 heavy (non-hydrogen) atoms. The zero-order valence-electron chi connectivity index (χ0n) is 11.4. The first-order valence-electron chi connectivity index (χ1n) is 6.30. The third-order valence-corrected chi connectivity index (χ3v) is 2.73. The Balaban J connectivity index is 2.49. The lowest BCUT2D eigenvalue weighted by molar-refractivity contribution is -0.119. The van der Waals surface area contributed by atoms with Crippen molar-refractivity contribution >= 4 is 12.0 Å². The van der Waals surface area contributed by atoms with E-state index in [-0.39, 0.29) is 24.6 Å². The third kappa shape index (κ3) is 4.52. The minimum absolute atomic E-state index is 0.00958. The highest BCUT2D eigenvalue weighted by Crippen LogP contribution is 2.20. The summed E-state index contributed by atoms with van der Waals surface area (Å²) < 4.78 is 5.33. The van der Waals surface area contributed by atoms with E-state index in [2.05, 4.69) is 5.32 Å². The highest BCUT2D eigenvalue weighted by Gasteiger charge is 2.32. The molecule has 1 heterocycles. The molecule has 1 fully saturated rings. The molecule has 2 amide bonds. The first-order valence-corrected chi connectivity index (χ1v) is 6.30. The maximum absolute atomic E-state index is 12.0. The number of nitrogens with zero attached hydrogens (tertiary/aromatic N) is 1. The Kier molecular flexibility index (Phi) is 4.95. The molecule has 0 spiro atoms. The van der Waals surface area contributed by atoms with Crippen LogP contribution in [0.5, 0.6) is 0 Å². The van der Waals surface area contributed by atoms with E-state index >= 15 is 0 Å². The molecule has 1 rings (SSSR count). The van der Waals surface area contributed by atoms with E-state index in [4.69, 9.17) is 10.5 Å². The second kappa shape index (κ2) is 6.04. The van der Waals surface area contributed by atoms with Crippen molar-refractivity contribution in [1.82, 2.24) is 10.2 Å². The summed E-state index contributed by atoms with van der Waals surface area (Å²) in [5.41, 5.74) is 4.72. The summed E-state index contributed by atoms with van der Waals surface area (Å²) in [7, 11) is 0. The van der Waals surface area contributed by atoms with Gasteiger partial charge in [0, 0.05) is 13.1 Å². The maximum Gasteiger partial charge on any atom is 0.410 e. The molecular formula is C12H23N3O3. The molecule has 0 aliphatic carbocycles. The number of rotatable bonds is 3. The molecule has 0 aromatic carbocycles. The number of nitrogens with one attached hydrogen (secondary N) is 1. The summed E-state index contributed by atoms with van der Waals surface area (Å²) in [5.74, 6) is -0.203. The van der Waals surface area contributed by atoms with Crippen LogP contribution in [0.2, 0.25) is 0 Å². The molecule has 6 nitrogen and oxygen atoms in total. The van der Waals surface area contributed by atoms with Crippen molar-refractivity contribution < 1.29 is 14.3 Å². The van der Waals surface area contributed by atoms with Crippen molar-refractivity contribution in [2.75, 3.05) is 19.6 Å². The number of nitrogens with two attached hydrogens (primary N) is 1. The van der Waals surface area contributed by atoms with Crippen molar-refractivity contribution in [2.45, 2.75) is 45.3 Å². The highest BCUT2D eigenvalue weighted by molar-refractivity contribution is 5.77. The van der Waals surface area contributed by atoms with Crippen molar-refractivity contribution in [1.29, 1.82) is 0 Å². The van der Waals surface area contributed by atoms with Crippen LogP contribution in [0.25, 0.3) is 0 Å². The minimum Gasteiger partial charge on any atom is -0.444 e. The fraction of sp³-hybridized carbons (Fsp3) is 0.833. The topological polar surface area (TPSA) is 84.7 Å². The van der Waals surface area contributed by atoms with E-state index < -0.39 is 5.60 Å². The molecule has 1 atom stereocenters. The van der Waals surface area contributed by atoms with E-state index in [0.29, 0.717) is 13.1 Å². The number of hydrogen-bond donors (Lipinski definition) is 2. The zero-order valence-corrected chi connectivity index (χ0v) is 11.4. The van der Waals surface area contributed by atoms with Gasteiger partial charge in [-0.2, -0.15) is 0 Å². The van der Waals surface area contributed by atoms with Gasteiger partial charge < -0.3 is 20.7 Å². The van der Waals surface area contributed by atoms with E-state index in [1.807, 2.05) is 20.8 Å². The van der Waals surface area contributed by atoms with Crippen molar-refractivity contribution in [2.24, 2.45) is 5.73 Å². The van der Waals surface area contributed by atoms with E-state index in [9.17, 15) is 9.59 Å². The Labute approximate surface area is 108 Å². The summed E-state index contributed by atoms with van der Waals surface area (Å²) in [4.78, 5) is 24.7. The average molecular weight is 257 g/mol. The summed E-state index contributed by atoms with van der Waals surface area (Å²) in [5, 5.41) is 2.71. The second-order valence-electron chi connectivity index (χ2n) is 5.48. The number of carbonyl (C=O) groups is 2. The van der Waals surface area contributed by atoms with Crippen LogP contribution in [0.4, 0.5) is 4.79 Å². The number of likely N-dealkylation sites (tertiary alicyclic amines) is 1. The van der Waals surface area contributed by atoms with Crippen LogP contribution in [0.3, 0.4) is 0 Å². The van der Waals surface area contributed by atoms with Gasteiger partial charge in [-0.3, -0.25) is 4.79 Å². The Hall–Kier alpha value is -1.30. The van der Waals surface area contributed by atoms with Crippen LogP contribution in [0.1, 0.15) is 33.6 Å². The first kappa shape index (κ1) is 14.8. The van der Waals surface area contributed by atoms with Crippen LogP contribution in [-0.2, 0) is 9.53 Å². The Morgan fingerprint density at radius 3 is 2.67 bits per heavy atom. The van der Waals surface area contributed by atoms with Gasteiger partial charge in [-0.15, -0.1) is 0 Å². The standard InChI is InChI=1S/C12H23N3O3/c1-12(2,3)18-11(17)15-6-4-5-9(15)8-14-10(16)7-13/h9H,4-8,13H2,1-3H3,(H,14,16)/t9-/m1/s1. The Bertz CT molecular complexity index is 312. The normalized spacial score (nSPS) is 19.8. The van der Waals surface area contributed by atoms with Gasteiger partial charge in [-0.25, -0.2) is 4.79 Å². The summed E-state index contributed by atoms with van der Waals surface area (Å²) >= 11 is 0. The third-order valence-electron chi connectivity index (χ3n) is 2.73. The van der Waals surface area contributed by atoms with E-state index in [1.54, 1.807) is 4.90 Å². The molecule has 1 aliphatic heterocycles. The minimum atomic E-state index is -0.495. The predicted octanol–water partition coefficient (Wildman–Crippen LogP) is 0.461. The molecule has 6 heteroatoms. The number of carbonyl (C=O) groups excluding carboxylic acids is 2. The van der Waals surface area contributed by atoms with Gasteiger partial charge >= 0.3 is 6.09 Å². The average Bonchev–Trinajstić information content (AvgIpc) is 2.71. The molecular weight excluding hydrogens is 234 g/mol. The molecule has 3 N–H and O–H groups in total. The molecule has 104 valence electrons. The molecule has 0 aromatic heterocycles. The second-order valence-corrected chi connectivity index (χ2v) is 5.48.